The van der Waals surface area contributed by atoms with Gasteiger partial charge in [0.05, 0.1) is 0 Å². The highest BCUT2D eigenvalue weighted by Gasteiger charge is 2.51. The molecule has 2 aromatic rings. The Morgan fingerprint density at radius 2 is 1.39 bits per heavy atom. The molecule has 0 aliphatic rings. The van der Waals surface area contributed by atoms with Crippen LogP contribution in [0.15, 0.2) is 60.7 Å². The molecule has 2 nitrogen and oxygen atoms in total. The molecule has 0 bridgehead atoms. The zero-order valence-corrected chi connectivity index (χ0v) is 15.5. The molecule has 2 aromatic carbocycles. The van der Waals surface area contributed by atoms with E-state index in [0.29, 0.717) is 6.42 Å². The summed E-state index contributed by atoms with van der Waals surface area (Å²) >= 11 is 0. The van der Waals surface area contributed by atoms with Crippen molar-refractivity contribution in [1.29, 1.82) is 0 Å². The van der Waals surface area contributed by atoms with Gasteiger partial charge in [0.25, 0.3) is 8.32 Å². The first kappa shape index (κ1) is 17.6. The quantitative estimate of drug-likeness (QED) is 0.599. The predicted molar refractivity (Wildman–Crippen MR) is 98.8 cm³/mol. The first-order chi connectivity index (χ1) is 11.0. The maximum atomic E-state index is 11.5. The summed E-state index contributed by atoms with van der Waals surface area (Å²) in [6, 6.07) is 20.8. The average molecular weight is 327 g/mol. The topological polar surface area (TPSA) is 26.3 Å². The summed E-state index contributed by atoms with van der Waals surface area (Å²) < 4.78 is 6.64. The van der Waals surface area contributed by atoms with Crippen LogP contribution in [-0.4, -0.2) is 20.7 Å². The number of carbonyl (C=O) groups is 1. The molecule has 0 aliphatic carbocycles. The molecule has 0 N–H and O–H groups in total. The van der Waals surface area contributed by atoms with Crippen LogP contribution in [0.4, 0.5) is 0 Å². The number of rotatable bonds is 6. The molecular weight excluding hydrogens is 300 g/mol. The van der Waals surface area contributed by atoms with Gasteiger partial charge in [-0.25, -0.2) is 0 Å². The van der Waals surface area contributed by atoms with Crippen molar-refractivity contribution in [3.05, 3.63) is 60.7 Å². The van der Waals surface area contributed by atoms with E-state index in [9.17, 15) is 4.79 Å². The van der Waals surface area contributed by atoms with Gasteiger partial charge in [-0.2, -0.15) is 0 Å². The van der Waals surface area contributed by atoms with E-state index in [4.69, 9.17) is 4.43 Å². The van der Waals surface area contributed by atoms with E-state index in [1.165, 1.54) is 10.4 Å². The normalized spacial score (nSPS) is 13.6. The molecule has 0 aromatic heterocycles. The second-order valence-electron chi connectivity index (χ2n) is 6.86. The summed E-state index contributed by atoms with van der Waals surface area (Å²) in [7, 11) is -2.59. The number of hydrogen-bond acceptors (Lipinski definition) is 2. The Kier molecular flexibility index (Phi) is 5.55. The van der Waals surface area contributed by atoms with Gasteiger partial charge in [0.1, 0.15) is 12.4 Å². The van der Waals surface area contributed by atoms with Gasteiger partial charge in [0, 0.05) is 0 Å². The number of hydrogen-bond donors (Lipinski definition) is 0. The van der Waals surface area contributed by atoms with Crippen LogP contribution in [-0.2, 0) is 9.22 Å². The third-order valence-electron chi connectivity index (χ3n) is 4.30. The van der Waals surface area contributed by atoms with Crippen molar-refractivity contribution in [1.82, 2.24) is 0 Å². The molecular formula is C20H26O2Si. The first-order valence-corrected chi connectivity index (χ1v) is 10.1. The third-order valence-corrected chi connectivity index (χ3v) is 9.36. The maximum absolute atomic E-state index is 11.5. The van der Waals surface area contributed by atoms with Crippen LogP contribution in [0, 0.1) is 0 Å². The first-order valence-electron chi connectivity index (χ1n) is 8.20. The molecule has 3 heteroatoms. The zero-order valence-electron chi connectivity index (χ0n) is 14.5. The summed E-state index contributed by atoms with van der Waals surface area (Å²) in [6.07, 6.45) is 1.26. The summed E-state index contributed by atoms with van der Waals surface area (Å²) in [4.78, 5) is 11.5. The average Bonchev–Trinajstić information content (AvgIpc) is 2.57. The molecule has 0 fully saturated rings. The highest BCUT2D eigenvalue weighted by molar-refractivity contribution is 6.99. The highest BCUT2D eigenvalue weighted by atomic mass is 28.4. The largest absolute Gasteiger partial charge is 0.398 e. The van der Waals surface area contributed by atoms with Gasteiger partial charge in [0.2, 0.25) is 0 Å². The smallest absolute Gasteiger partial charge is 0.262 e. The van der Waals surface area contributed by atoms with Crippen molar-refractivity contribution in [3.63, 3.8) is 0 Å². The molecule has 0 heterocycles. The van der Waals surface area contributed by atoms with Gasteiger partial charge >= 0.3 is 0 Å². The van der Waals surface area contributed by atoms with Gasteiger partial charge in [-0.15, -0.1) is 0 Å². The Morgan fingerprint density at radius 3 is 1.70 bits per heavy atom. The monoisotopic (exact) mass is 326 g/mol. The summed E-state index contributed by atoms with van der Waals surface area (Å²) in [5, 5.41) is 2.32. The second-order valence-corrected chi connectivity index (χ2v) is 11.1. The fraction of sp³-hybridized carbons (Fsp3) is 0.350. The summed E-state index contributed by atoms with van der Waals surface area (Å²) in [5.74, 6) is 0. The summed E-state index contributed by atoms with van der Waals surface area (Å²) in [6.45, 7) is 8.65. The standard InChI is InChI=1S/C20H26O2Si/c1-5-17(16-21)22-23(20(2,3)4,18-12-8-6-9-13-18)19-14-10-7-11-15-19/h6-17H,5H2,1-4H3. The van der Waals surface area contributed by atoms with Crippen molar-refractivity contribution in [2.75, 3.05) is 0 Å². The van der Waals surface area contributed by atoms with Gasteiger partial charge in [0.15, 0.2) is 0 Å². The molecule has 1 unspecified atom stereocenters. The van der Waals surface area contributed by atoms with Crippen molar-refractivity contribution in [2.45, 2.75) is 45.3 Å². The Balaban J connectivity index is 2.72. The lowest BCUT2D eigenvalue weighted by Crippen LogP contribution is -2.67. The van der Waals surface area contributed by atoms with Crippen molar-refractivity contribution >= 4 is 25.0 Å². The Morgan fingerprint density at radius 1 is 0.957 bits per heavy atom. The van der Waals surface area contributed by atoms with E-state index in [1.807, 2.05) is 19.1 Å². The van der Waals surface area contributed by atoms with Crippen molar-refractivity contribution < 1.29 is 9.22 Å². The van der Waals surface area contributed by atoms with Gasteiger partial charge < -0.3 is 9.22 Å². The minimum atomic E-state index is -2.59. The maximum Gasteiger partial charge on any atom is 0.262 e. The summed E-state index contributed by atoms with van der Waals surface area (Å²) in [5.41, 5.74) is 0. The molecule has 122 valence electrons. The highest BCUT2D eigenvalue weighted by Crippen LogP contribution is 2.37. The molecule has 0 saturated carbocycles. The lowest BCUT2D eigenvalue weighted by molar-refractivity contribution is -0.114. The molecule has 0 saturated heterocycles. The van der Waals surface area contributed by atoms with Crippen molar-refractivity contribution in [2.24, 2.45) is 0 Å². The van der Waals surface area contributed by atoms with Gasteiger partial charge in [-0.3, -0.25) is 0 Å². The molecule has 0 radical (unpaired) electrons. The minimum Gasteiger partial charge on any atom is -0.398 e. The molecule has 23 heavy (non-hydrogen) atoms. The van der Waals surface area contributed by atoms with Crippen LogP contribution in [0.3, 0.4) is 0 Å². The van der Waals surface area contributed by atoms with E-state index in [1.54, 1.807) is 0 Å². The number of carbonyl (C=O) groups excluding carboxylic acids is 1. The third kappa shape index (κ3) is 3.46. The van der Waals surface area contributed by atoms with Crippen molar-refractivity contribution in [3.8, 4) is 0 Å². The lowest BCUT2D eigenvalue weighted by Gasteiger charge is -2.44. The number of aldehydes is 1. The van der Waals surface area contributed by atoms with E-state index >= 15 is 0 Å². The van der Waals surface area contributed by atoms with Crippen LogP contribution in [0.2, 0.25) is 5.04 Å². The van der Waals surface area contributed by atoms with Crippen LogP contribution in [0.5, 0.6) is 0 Å². The Hall–Kier alpha value is -1.71. The molecule has 0 amide bonds. The van der Waals surface area contributed by atoms with Gasteiger partial charge in [-0.05, 0) is 21.8 Å². The molecule has 1 atom stereocenters. The van der Waals surface area contributed by atoms with Crippen LogP contribution in [0.1, 0.15) is 34.1 Å². The Labute approximate surface area is 140 Å². The van der Waals surface area contributed by atoms with E-state index in [2.05, 4.69) is 69.3 Å². The Bertz CT molecular complexity index is 578. The van der Waals surface area contributed by atoms with Gasteiger partial charge in [-0.1, -0.05) is 88.4 Å². The van der Waals surface area contributed by atoms with Crippen LogP contribution >= 0.6 is 0 Å². The minimum absolute atomic E-state index is 0.0911. The molecule has 0 aliphatic heterocycles. The van der Waals surface area contributed by atoms with E-state index in [0.717, 1.165) is 6.29 Å². The predicted octanol–water partition coefficient (Wildman–Crippen LogP) is 3.54. The van der Waals surface area contributed by atoms with E-state index < -0.39 is 8.32 Å². The zero-order chi connectivity index (χ0) is 16.9. The lowest BCUT2D eigenvalue weighted by atomic mass is 10.2. The molecule has 2 rings (SSSR count). The SMILES string of the molecule is CCC(C=O)O[Si](c1ccccc1)(c1ccccc1)C(C)(C)C. The fourth-order valence-corrected chi connectivity index (χ4v) is 7.82. The fourth-order valence-electron chi connectivity index (χ4n) is 3.13. The second kappa shape index (κ2) is 7.24. The van der Waals surface area contributed by atoms with E-state index in [-0.39, 0.29) is 11.1 Å². The molecule has 0 spiro atoms. The number of benzene rings is 2. The van der Waals surface area contributed by atoms with Crippen LogP contribution < -0.4 is 10.4 Å². The van der Waals surface area contributed by atoms with Crippen LogP contribution in [0.25, 0.3) is 0 Å².